The van der Waals surface area contributed by atoms with Crippen molar-refractivity contribution in [3.8, 4) is 0 Å². The molecule has 3 aromatic rings. The van der Waals surface area contributed by atoms with E-state index in [-0.39, 0.29) is 5.91 Å². The van der Waals surface area contributed by atoms with Crippen molar-refractivity contribution in [3.05, 3.63) is 76.5 Å². The Balaban J connectivity index is 1.77. The minimum absolute atomic E-state index is 0.227. The summed E-state index contributed by atoms with van der Waals surface area (Å²) in [7, 11) is 1.97. The van der Waals surface area contributed by atoms with Gasteiger partial charge in [0.1, 0.15) is 17.3 Å². The zero-order valence-electron chi connectivity index (χ0n) is 17.7. The van der Waals surface area contributed by atoms with Crippen LogP contribution in [0.4, 0.5) is 11.5 Å². The van der Waals surface area contributed by atoms with E-state index in [1.807, 2.05) is 44.9 Å². The van der Waals surface area contributed by atoms with Crippen molar-refractivity contribution >= 4 is 17.4 Å². The Bertz CT molecular complexity index is 994. The molecule has 6 nitrogen and oxygen atoms in total. The van der Waals surface area contributed by atoms with Gasteiger partial charge in [-0.15, -0.1) is 0 Å². The molecule has 0 unspecified atom stereocenters. The maximum absolute atomic E-state index is 12.9. The molecule has 0 saturated carbocycles. The SMILES string of the molecule is Cc1cc(C)c(NC(=O)c2cc(N(C)CCc3ccncc3)nc(C)n2)c(C)c1. The van der Waals surface area contributed by atoms with Gasteiger partial charge in [-0.1, -0.05) is 17.7 Å². The van der Waals surface area contributed by atoms with E-state index in [1.54, 1.807) is 25.4 Å². The minimum Gasteiger partial charge on any atom is -0.359 e. The highest BCUT2D eigenvalue weighted by Crippen LogP contribution is 2.23. The van der Waals surface area contributed by atoms with Gasteiger partial charge in [0.2, 0.25) is 0 Å². The highest BCUT2D eigenvalue weighted by atomic mass is 16.1. The number of likely N-dealkylation sites (N-methyl/N-ethyl adjacent to an activating group) is 1. The maximum atomic E-state index is 12.9. The number of aromatic nitrogens is 3. The number of aryl methyl sites for hydroxylation is 4. The van der Waals surface area contributed by atoms with Gasteiger partial charge in [-0.05, 0) is 62.9 Å². The van der Waals surface area contributed by atoms with E-state index in [9.17, 15) is 4.79 Å². The van der Waals surface area contributed by atoms with Crippen LogP contribution in [0.15, 0.2) is 42.7 Å². The highest BCUT2D eigenvalue weighted by Gasteiger charge is 2.15. The quantitative estimate of drug-likeness (QED) is 0.689. The molecule has 3 rings (SSSR count). The lowest BCUT2D eigenvalue weighted by Gasteiger charge is -2.19. The summed E-state index contributed by atoms with van der Waals surface area (Å²) in [6.45, 7) is 8.63. The first-order valence-corrected chi connectivity index (χ1v) is 9.68. The number of pyridine rings is 1. The topological polar surface area (TPSA) is 71.0 Å². The lowest BCUT2D eigenvalue weighted by atomic mass is 10.0. The number of amides is 1. The van der Waals surface area contributed by atoms with Crippen LogP contribution in [0.25, 0.3) is 0 Å². The molecule has 0 radical (unpaired) electrons. The Morgan fingerprint density at radius 3 is 2.31 bits per heavy atom. The van der Waals surface area contributed by atoms with Crippen molar-refractivity contribution in [2.75, 3.05) is 23.8 Å². The number of carbonyl (C=O) groups is 1. The summed E-state index contributed by atoms with van der Waals surface area (Å²) in [4.78, 5) is 27.8. The molecule has 0 fully saturated rings. The molecular weight excluding hydrogens is 362 g/mol. The molecule has 150 valence electrons. The number of anilines is 2. The van der Waals surface area contributed by atoms with Gasteiger partial charge in [0, 0.05) is 37.7 Å². The van der Waals surface area contributed by atoms with Gasteiger partial charge in [0.25, 0.3) is 5.91 Å². The van der Waals surface area contributed by atoms with Crippen LogP contribution >= 0.6 is 0 Å². The molecule has 1 aromatic carbocycles. The number of hydrogen-bond donors (Lipinski definition) is 1. The van der Waals surface area contributed by atoms with Crippen LogP contribution in [-0.2, 0) is 6.42 Å². The third-order valence-electron chi connectivity index (χ3n) is 4.85. The Hall–Kier alpha value is -3.28. The van der Waals surface area contributed by atoms with Crippen LogP contribution < -0.4 is 10.2 Å². The van der Waals surface area contributed by atoms with E-state index in [1.165, 1.54) is 11.1 Å². The summed E-state index contributed by atoms with van der Waals surface area (Å²) < 4.78 is 0. The van der Waals surface area contributed by atoms with Crippen LogP contribution in [0.1, 0.15) is 38.6 Å². The van der Waals surface area contributed by atoms with Crippen LogP contribution in [-0.4, -0.2) is 34.5 Å². The molecule has 0 atom stereocenters. The average Bonchev–Trinajstić information content (AvgIpc) is 2.69. The average molecular weight is 390 g/mol. The van der Waals surface area contributed by atoms with E-state index in [2.05, 4.69) is 32.4 Å². The Morgan fingerprint density at radius 1 is 1.00 bits per heavy atom. The zero-order valence-corrected chi connectivity index (χ0v) is 17.7. The van der Waals surface area contributed by atoms with Crippen molar-refractivity contribution < 1.29 is 4.79 Å². The van der Waals surface area contributed by atoms with Crippen LogP contribution in [0.2, 0.25) is 0 Å². The van der Waals surface area contributed by atoms with Crippen molar-refractivity contribution in [3.63, 3.8) is 0 Å². The minimum atomic E-state index is -0.227. The number of nitrogens with zero attached hydrogens (tertiary/aromatic N) is 4. The van der Waals surface area contributed by atoms with Crippen molar-refractivity contribution in [2.45, 2.75) is 34.1 Å². The number of benzene rings is 1. The number of hydrogen-bond acceptors (Lipinski definition) is 5. The summed E-state index contributed by atoms with van der Waals surface area (Å²) in [6, 6.07) is 9.88. The molecule has 2 aromatic heterocycles. The summed E-state index contributed by atoms with van der Waals surface area (Å²) in [5, 5.41) is 3.02. The number of rotatable bonds is 6. The van der Waals surface area contributed by atoms with Crippen LogP contribution in [0.5, 0.6) is 0 Å². The Morgan fingerprint density at radius 2 is 1.66 bits per heavy atom. The fourth-order valence-corrected chi connectivity index (χ4v) is 3.38. The van der Waals surface area contributed by atoms with Gasteiger partial charge in [-0.2, -0.15) is 0 Å². The standard InChI is InChI=1S/C23H27N5O/c1-15-12-16(2)22(17(3)13-15)27-23(29)20-14-21(26-18(4)25-20)28(5)11-8-19-6-9-24-10-7-19/h6-7,9-10,12-14H,8,11H2,1-5H3,(H,27,29). The fourth-order valence-electron chi connectivity index (χ4n) is 3.38. The van der Waals surface area contributed by atoms with Gasteiger partial charge in [0.05, 0.1) is 0 Å². The third-order valence-corrected chi connectivity index (χ3v) is 4.85. The van der Waals surface area contributed by atoms with E-state index in [0.717, 1.165) is 35.6 Å². The van der Waals surface area contributed by atoms with Gasteiger partial charge in [-0.25, -0.2) is 9.97 Å². The number of nitrogens with one attached hydrogen (secondary N) is 1. The second kappa shape index (κ2) is 8.82. The molecule has 0 aliphatic carbocycles. The first-order valence-electron chi connectivity index (χ1n) is 9.68. The normalized spacial score (nSPS) is 10.7. The van der Waals surface area contributed by atoms with Gasteiger partial charge >= 0.3 is 0 Å². The summed E-state index contributed by atoms with van der Waals surface area (Å²) in [5.41, 5.74) is 5.66. The van der Waals surface area contributed by atoms with Crippen LogP contribution in [0.3, 0.4) is 0 Å². The highest BCUT2D eigenvalue weighted by molar-refractivity contribution is 6.04. The lowest BCUT2D eigenvalue weighted by molar-refractivity contribution is 0.102. The molecule has 0 aliphatic rings. The van der Waals surface area contributed by atoms with E-state index >= 15 is 0 Å². The molecule has 2 heterocycles. The summed E-state index contributed by atoms with van der Waals surface area (Å²) in [6.07, 6.45) is 4.45. The van der Waals surface area contributed by atoms with Gasteiger partial charge in [0.15, 0.2) is 0 Å². The predicted octanol–water partition coefficient (Wildman–Crippen LogP) is 4.04. The lowest BCUT2D eigenvalue weighted by Crippen LogP contribution is -2.23. The third kappa shape index (κ3) is 5.16. The molecule has 0 bridgehead atoms. The molecule has 6 heteroatoms. The van der Waals surface area contributed by atoms with Crippen molar-refractivity contribution in [1.29, 1.82) is 0 Å². The molecule has 0 aliphatic heterocycles. The van der Waals surface area contributed by atoms with Crippen molar-refractivity contribution in [2.24, 2.45) is 0 Å². The smallest absolute Gasteiger partial charge is 0.274 e. The van der Waals surface area contributed by atoms with Crippen LogP contribution in [0, 0.1) is 27.7 Å². The predicted molar refractivity (Wildman–Crippen MR) is 117 cm³/mol. The molecule has 0 spiro atoms. The summed E-state index contributed by atoms with van der Waals surface area (Å²) in [5.74, 6) is 1.07. The molecule has 1 amide bonds. The maximum Gasteiger partial charge on any atom is 0.274 e. The second-order valence-corrected chi connectivity index (χ2v) is 7.41. The Labute approximate surface area is 172 Å². The summed E-state index contributed by atoms with van der Waals surface area (Å²) >= 11 is 0. The first kappa shape index (κ1) is 20.5. The second-order valence-electron chi connectivity index (χ2n) is 7.41. The first-order chi connectivity index (χ1) is 13.8. The van der Waals surface area contributed by atoms with E-state index in [4.69, 9.17) is 0 Å². The molecular formula is C23H27N5O. The largest absolute Gasteiger partial charge is 0.359 e. The monoisotopic (exact) mass is 389 g/mol. The van der Waals surface area contributed by atoms with Gasteiger partial charge < -0.3 is 10.2 Å². The van der Waals surface area contributed by atoms with Crippen molar-refractivity contribution in [1.82, 2.24) is 15.0 Å². The number of carbonyl (C=O) groups excluding carboxylic acids is 1. The molecule has 0 saturated heterocycles. The van der Waals surface area contributed by atoms with E-state index in [0.29, 0.717) is 11.5 Å². The fraction of sp³-hybridized carbons (Fsp3) is 0.304. The molecule has 1 N–H and O–H groups in total. The van der Waals surface area contributed by atoms with E-state index < -0.39 is 0 Å². The van der Waals surface area contributed by atoms with Gasteiger partial charge in [-0.3, -0.25) is 9.78 Å². The Kier molecular flexibility index (Phi) is 6.22. The molecule has 29 heavy (non-hydrogen) atoms. The zero-order chi connectivity index (χ0) is 21.0.